The molecule has 3 heterocycles. The molecule has 0 spiro atoms. The Kier molecular flexibility index (Phi) is 47.3. The van der Waals surface area contributed by atoms with Crippen molar-refractivity contribution < 1.29 is 89.4 Å². The van der Waals surface area contributed by atoms with Crippen LogP contribution in [0.3, 0.4) is 0 Å². The Bertz CT molecular complexity index is 2070. The second-order valence-corrected chi connectivity index (χ2v) is 24.2. The van der Waals surface area contributed by atoms with Crippen molar-refractivity contribution in [3.8, 4) is 0 Å². The summed E-state index contributed by atoms with van der Waals surface area (Å²) in [6, 6.07) is -1.02. The number of carbonyl (C=O) groups excluding carboxylic acids is 1. The van der Waals surface area contributed by atoms with Crippen molar-refractivity contribution in [3.05, 3.63) is 109 Å². The third kappa shape index (κ3) is 34.6. The van der Waals surface area contributed by atoms with Crippen molar-refractivity contribution in [2.24, 2.45) is 0 Å². The Hall–Kier alpha value is -3.55. The highest BCUT2D eigenvalue weighted by Gasteiger charge is 2.53. The lowest BCUT2D eigenvalue weighted by atomic mass is 9.96. The van der Waals surface area contributed by atoms with Gasteiger partial charge in [0.2, 0.25) is 5.91 Å². The number of aliphatic hydroxyl groups excluding tert-OH is 11. The lowest BCUT2D eigenvalue weighted by Crippen LogP contribution is -2.66. The maximum absolute atomic E-state index is 13.4. The first-order valence-electron chi connectivity index (χ1n) is 34.6. The Labute approximate surface area is 545 Å². The minimum Gasteiger partial charge on any atom is -0.394 e. The van der Waals surface area contributed by atoms with Crippen LogP contribution in [0.15, 0.2) is 109 Å². The molecule has 17 unspecified atom stereocenters. The molecule has 0 aromatic rings. The zero-order valence-electron chi connectivity index (χ0n) is 55.0. The number of hydrogen-bond donors (Lipinski definition) is 12. The third-order valence-corrected chi connectivity index (χ3v) is 16.5. The molecule has 0 aromatic heterocycles. The minimum atomic E-state index is -1.99. The summed E-state index contributed by atoms with van der Waals surface area (Å²) in [5.74, 6) is -0.318. The predicted molar refractivity (Wildman–Crippen MR) is 355 cm³/mol. The molecule has 3 aliphatic heterocycles. The molecule has 17 atom stereocenters. The number of allylic oxidation sites excluding steroid dienone is 17. The second kappa shape index (κ2) is 52.7. The van der Waals surface area contributed by atoms with E-state index in [0.29, 0.717) is 12.8 Å². The molecular formula is C72H121NO18. The van der Waals surface area contributed by atoms with Crippen LogP contribution in [-0.4, -0.2) is 193 Å². The smallest absolute Gasteiger partial charge is 0.220 e. The second-order valence-electron chi connectivity index (χ2n) is 24.2. The van der Waals surface area contributed by atoms with Crippen LogP contribution < -0.4 is 5.32 Å². The van der Waals surface area contributed by atoms with Gasteiger partial charge in [-0.2, -0.15) is 0 Å². The largest absolute Gasteiger partial charge is 0.394 e. The summed E-state index contributed by atoms with van der Waals surface area (Å²) in [5, 5.41) is 120. The van der Waals surface area contributed by atoms with Crippen LogP contribution >= 0.6 is 0 Å². The Morgan fingerprint density at radius 2 is 0.769 bits per heavy atom. The molecule has 12 N–H and O–H groups in total. The predicted octanol–water partition coefficient (Wildman–Crippen LogP) is 9.05. The minimum absolute atomic E-state index is 0.195. The van der Waals surface area contributed by atoms with Crippen LogP contribution in [0, 0.1) is 0 Å². The summed E-state index contributed by atoms with van der Waals surface area (Å²) < 4.78 is 34.3. The van der Waals surface area contributed by atoms with E-state index in [9.17, 15) is 61.0 Å². The zero-order valence-corrected chi connectivity index (χ0v) is 55.0. The van der Waals surface area contributed by atoms with E-state index >= 15 is 0 Å². The summed E-state index contributed by atoms with van der Waals surface area (Å²) >= 11 is 0. The van der Waals surface area contributed by atoms with Crippen LogP contribution in [0.5, 0.6) is 0 Å². The van der Waals surface area contributed by atoms with E-state index in [-0.39, 0.29) is 12.3 Å². The molecule has 3 saturated heterocycles. The van der Waals surface area contributed by atoms with Crippen LogP contribution in [0.25, 0.3) is 0 Å². The monoisotopic (exact) mass is 1290 g/mol. The molecule has 3 aliphatic rings. The fourth-order valence-electron chi connectivity index (χ4n) is 10.9. The first-order valence-corrected chi connectivity index (χ1v) is 34.6. The third-order valence-electron chi connectivity index (χ3n) is 16.5. The number of amides is 1. The maximum Gasteiger partial charge on any atom is 0.220 e. The van der Waals surface area contributed by atoms with E-state index in [1.165, 1.54) is 83.5 Å². The van der Waals surface area contributed by atoms with E-state index < -0.39 is 131 Å². The van der Waals surface area contributed by atoms with Gasteiger partial charge in [-0.1, -0.05) is 213 Å². The Balaban J connectivity index is 1.48. The van der Waals surface area contributed by atoms with E-state index in [0.717, 1.165) is 89.9 Å². The van der Waals surface area contributed by atoms with Gasteiger partial charge in [0.15, 0.2) is 18.9 Å². The summed E-state index contributed by atoms with van der Waals surface area (Å²) in [4.78, 5) is 13.4. The molecule has 3 fully saturated rings. The molecule has 0 radical (unpaired) electrons. The molecule has 0 saturated carbocycles. The molecule has 1 amide bonds. The first kappa shape index (κ1) is 81.7. The molecule has 0 bridgehead atoms. The maximum atomic E-state index is 13.4. The van der Waals surface area contributed by atoms with Crippen LogP contribution in [-0.2, 0) is 33.2 Å². The van der Waals surface area contributed by atoms with Crippen molar-refractivity contribution in [2.75, 3.05) is 26.4 Å². The molecule has 522 valence electrons. The molecule has 0 aromatic carbocycles. The number of carbonyl (C=O) groups is 1. The highest BCUT2D eigenvalue weighted by molar-refractivity contribution is 5.76. The number of aliphatic hydroxyl groups is 11. The van der Waals surface area contributed by atoms with Crippen LogP contribution in [0.1, 0.15) is 206 Å². The Morgan fingerprint density at radius 1 is 0.407 bits per heavy atom. The number of rotatable bonds is 51. The quantitative estimate of drug-likeness (QED) is 0.0200. The average molecular weight is 1290 g/mol. The van der Waals surface area contributed by atoms with Gasteiger partial charge >= 0.3 is 0 Å². The van der Waals surface area contributed by atoms with E-state index in [1.54, 1.807) is 6.08 Å². The van der Waals surface area contributed by atoms with E-state index in [4.69, 9.17) is 28.4 Å². The standard InChI is InChI=1S/C72H121NO18/c1-3-5-7-9-11-13-15-17-19-21-23-25-27-29-31-33-35-37-39-41-43-45-47-49-56(77)55(73-60(78)50-48-46-44-42-40-38-36-34-32-30-28-26-24-22-20-18-16-14-12-10-8-6-4-2)54-86-70-66(84)63(81)68(58(52-75)88-70)91-72-67(85)64(82)69(59(53-76)89-72)90-71-65(83)62(80)61(79)57(51-74)87-71/h6,8,12,14,18,20,24,26,30-33,36,38-39,41,47,49,55-59,61-72,74-77,79-85H,3-5,7,9-11,13,15-17,19,21-23,25,27-29,34-35,37,40,42-46,48,50-54H2,1-2H3,(H,73,78)/b8-6-,14-12-,20-18-,26-24-,32-30-,33-31+,38-36-,41-39+,49-47+. The summed E-state index contributed by atoms with van der Waals surface area (Å²) in [6.07, 6.45) is 43.4. The van der Waals surface area contributed by atoms with Crippen LogP contribution in [0.4, 0.5) is 0 Å². The number of nitrogens with one attached hydrogen (secondary N) is 1. The lowest BCUT2D eigenvalue weighted by Gasteiger charge is -2.48. The molecule has 19 nitrogen and oxygen atoms in total. The van der Waals surface area contributed by atoms with Gasteiger partial charge in [-0.25, -0.2) is 0 Å². The van der Waals surface area contributed by atoms with Crippen molar-refractivity contribution in [1.29, 1.82) is 0 Å². The summed E-state index contributed by atoms with van der Waals surface area (Å²) in [6.45, 7) is 1.56. The van der Waals surface area contributed by atoms with E-state index in [2.05, 4.69) is 116 Å². The van der Waals surface area contributed by atoms with Gasteiger partial charge in [0.05, 0.1) is 38.6 Å². The van der Waals surface area contributed by atoms with E-state index in [1.807, 2.05) is 6.08 Å². The summed E-state index contributed by atoms with van der Waals surface area (Å²) in [7, 11) is 0. The molecule has 0 aliphatic carbocycles. The fraction of sp³-hybridized carbons (Fsp3) is 0.736. The van der Waals surface area contributed by atoms with Crippen molar-refractivity contribution >= 4 is 5.91 Å². The lowest BCUT2D eigenvalue weighted by molar-refractivity contribution is -0.379. The normalized spacial score (nSPS) is 28.6. The molecular weight excluding hydrogens is 1170 g/mol. The fourth-order valence-corrected chi connectivity index (χ4v) is 10.9. The van der Waals surface area contributed by atoms with Gasteiger partial charge in [0, 0.05) is 6.42 Å². The topological polar surface area (TPSA) is 307 Å². The average Bonchev–Trinajstić information content (AvgIpc) is 0.883. The SMILES string of the molecule is CC/C=C\C/C=C\C/C=C\C/C=C\C/C=C\C/C=C\CCCCCCC(=O)NC(COC1OC(CO)C(OC2OC(CO)C(OC3OC(CO)C(O)C(O)C3O)C(O)C2O)C(O)C1O)C(O)/C=C/CC/C=C/CC/C=C/CCCCCCCCCCCCCCC. The molecule has 91 heavy (non-hydrogen) atoms. The first-order chi connectivity index (χ1) is 44.3. The molecule has 19 heteroatoms. The van der Waals surface area contributed by atoms with Crippen molar-refractivity contribution in [2.45, 2.75) is 311 Å². The highest BCUT2D eigenvalue weighted by atomic mass is 16.8. The number of hydrogen-bond acceptors (Lipinski definition) is 18. The van der Waals surface area contributed by atoms with Crippen LogP contribution in [0.2, 0.25) is 0 Å². The molecule has 3 rings (SSSR count). The van der Waals surface area contributed by atoms with Crippen molar-refractivity contribution in [3.63, 3.8) is 0 Å². The van der Waals surface area contributed by atoms with Crippen molar-refractivity contribution in [1.82, 2.24) is 5.32 Å². The van der Waals surface area contributed by atoms with Gasteiger partial charge in [-0.3, -0.25) is 4.79 Å². The Morgan fingerprint density at radius 3 is 1.23 bits per heavy atom. The number of unbranched alkanes of at least 4 members (excludes halogenated alkanes) is 19. The van der Waals surface area contributed by atoms with Gasteiger partial charge in [-0.15, -0.1) is 0 Å². The zero-order chi connectivity index (χ0) is 66.1. The van der Waals surface area contributed by atoms with Gasteiger partial charge in [0.25, 0.3) is 0 Å². The summed E-state index contributed by atoms with van der Waals surface area (Å²) in [5.41, 5.74) is 0. The van der Waals surface area contributed by atoms with Gasteiger partial charge in [0.1, 0.15) is 73.2 Å². The van der Waals surface area contributed by atoms with Gasteiger partial charge in [-0.05, 0) is 96.3 Å². The van der Waals surface area contributed by atoms with Gasteiger partial charge < -0.3 is 89.9 Å². The highest BCUT2D eigenvalue weighted by Crippen LogP contribution is 2.33. The number of ether oxygens (including phenoxy) is 6.